The highest BCUT2D eigenvalue weighted by molar-refractivity contribution is 6.35. The van der Waals surface area contributed by atoms with Crippen LogP contribution in [0.5, 0.6) is 5.75 Å². The van der Waals surface area contributed by atoms with Gasteiger partial charge in [-0.2, -0.15) is 0 Å². The van der Waals surface area contributed by atoms with E-state index in [1.807, 2.05) is 7.05 Å². The molecule has 0 aliphatic carbocycles. The fourth-order valence-corrected chi connectivity index (χ4v) is 3.06. The molecular formula is C13H18Cl2N2O. The summed E-state index contributed by atoms with van der Waals surface area (Å²) in [6.45, 7) is 2.71. The average Bonchev–Trinajstić information content (AvgIpc) is 2.73. The zero-order valence-electron chi connectivity index (χ0n) is 10.4. The molecule has 100 valence electrons. The van der Waals surface area contributed by atoms with Crippen molar-refractivity contribution in [2.45, 2.75) is 25.4 Å². The molecule has 0 radical (unpaired) electrons. The summed E-state index contributed by atoms with van der Waals surface area (Å²) >= 11 is 11.9. The predicted molar refractivity (Wildman–Crippen MR) is 75.5 cm³/mol. The van der Waals surface area contributed by atoms with Crippen LogP contribution in [-0.4, -0.2) is 36.2 Å². The summed E-state index contributed by atoms with van der Waals surface area (Å²) in [7, 11) is 1.96. The molecule has 0 amide bonds. The van der Waals surface area contributed by atoms with Gasteiger partial charge in [0.2, 0.25) is 0 Å². The molecule has 1 aliphatic heterocycles. The Morgan fingerprint density at radius 3 is 2.94 bits per heavy atom. The summed E-state index contributed by atoms with van der Waals surface area (Å²) < 4.78 is 0. The van der Waals surface area contributed by atoms with E-state index >= 15 is 0 Å². The van der Waals surface area contributed by atoms with Crippen LogP contribution in [0, 0.1) is 0 Å². The van der Waals surface area contributed by atoms with Crippen LogP contribution in [-0.2, 0) is 6.54 Å². The van der Waals surface area contributed by atoms with Crippen molar-refractivity contribution in [1.82, 2.24) is 10.2 Å². The maximum absolute atomic E-state index is 9.97. The van der Waals surface area contributed by atoms with E-state index in [1.165, 1.54) is 12.8 Å². The van der Waals surface area contributed by atoms with Crippen LogP contribution < -0.4 is 5.32 Å². The second kappa shape index (κ2) is 6.11. The van der Waals surface area contributed by atoms with Gasteiger partial charge >= 0.3 is 0 Å². The number of hydrogen-bond acceptors (Lipinski definition) is 3. The zero-order valence-corrected chi connectivity index (χ0v) is 11.9. The van der Waals surface area contributed by atoms with Gasteiger partial charge in [0.15, 0.2) is 0 Å². The van der Waals surface area contributed by atoms with E-state index in [-0.39, 0.29) is 5.75 Å². The van der Waals surface area contributed by atoms with Gasteiger partial charge in [0.05, 0.1) is 5.02 Å². The molecule has 1 aromatic rings. The Hall–Kier alpha value is -0.480. The van der Waals surface area contributed by atoms with Gasteiger partial charge in [0, 0.05) is 29.7 Å². The van der Waals surface area contributed by atoms with Gasteiger partial charge in [-0.1, -0.05) is 23.2 Å². The molecule has 0 spiro atoms. The fraction of sp³-hybridized carbons (Fsp3) is 0.538. The number of benzene rings is 1. The SMILES string of the molecule is CNCC1CCCN1Cc1cc(Cl)cc(Cl)c1O. The van der Waals surface area contributed by atoms with Gasteiger partial charge in [-0.25, -0.2) is 0 Å². The van der Waals surface area contributed by atoms with Crippen molar-refractivity contribution in [3.8, 4) is 5.75 Å². The van der Waals surface area contributed by atoms with Gasteiger partial charge in [-0.3, -0.25) is 4.90 Å². The molecule has 2 rings (SSSR count). The average molecular weight is 289 g/mol. The minimum atomic E-state index is 0.149. The number of halogens is 2. The van der Waals surface area contributed by atoms with Gasteiger partial charge in [0.25, 0.3) is 0 Å². The Kier molecular flexibility index (Phi) is 4.73. The number of hydrogen-bond donors (Lipinski definition) is 2. The zero-order chi connectivity index (χ0) is 13.1. The van der Waals surface area contributed by atoms with Crippen LogP contribution in [0.4, 0.5) is 0 Å². The predicted octanol–water partition coefficient (Wildman–Crippen LogP) is 2.88. The van der Waals surface area contributed by atoms with E-state index in [1.54, 1.807) is 12.1 Å². The number of likely N-dealkylation sites (N-methyl/N-ethyl adjacent to an activating group) is 1. The molecule has 0 bridgehead atoms. The first-order chi connectivity index (χ1) is 8.61. The third-order valence-corrected chi connectivity index (χ3v) is 3.93. The number of likely N-dealkylation sites (tertiary alicyclic amines) is 1. The van der Waals surface area contributed by atoms with Crippen molar-refractivity contribution in [1.29, 1.82) is 0 Å². The van der Waals surface area contributed by atoms with E-state index in [0.717, 1.165) is 18.7 Å². The molecule has 0 aromatic heterocycles. The van der Waals surface area contributed by atoms with Crippen molar-refractivity contribution in [2.24, 2.45) is 0 Å². The molecule has 1 atom stereocenters. The molecule has 18 heavy (non-hydrogen) atoms. The molecule has 1 heterocycles. The van der Waals surface area contributed by atoms with Gasteiger partial charge in [0.1, 0.15) is 5.75 Å². The molecule has 1 saturated heterocycles. The second-order valence-electron chi connectivity index (χ2n) is 4.72. The molecule has 0 saturated carbocycles. The highest BCUT2D eigenvalue weighted by Crippen LogP contribution is 2.33. The number of phenols is 1. The minimum absolute atomic E-state index is 0.149. The molecule has 1 aromatic carbocycles. The summed E-state index contributed by atoms with van der Waals surface area (Å²) in [5.74, 6) is 0.149. The van der Waals surface area contributed by atoms with E-state index in [2.05, 4.69) is 10.2 Å². The third kappa shape index (κ3) is 3.09. The van der Waals surface area contributed by atoms with E-state index in [0.29, 0.717) is 22.6 Å². The Balaban J connectivity index is 2.13. The van der Waals surface area contributed by atoms with Crippen molar-refractivity contribution >= 4 is 23.2 Å². The van der Waals surface area contributed by atoms with Crippen LogP contribution in [0.3, 0.4) is 0 Å². The number of aromatic hydroxyl groups is 1. The largest absolute Gasteiger partial charge is 0.506 e. The lowest BCUT2D eigenvalue weighted by atomic mass is 10.1. The topological polar surface area (TPSA) is 35.5 Å². The number of rotatable bonds is 4. The monoisotopic (exact) mass is 288 g/mol. The molecule has 1 fully saturated rings. The first-order valence-corrected chi connectivity index (χ1v) is 6.93. The molecule has 1 aliphatic rings. The first-order valence-electron chi connectivity index (χ1n) is 6.17. The Morgan fingerprint density at radius 2 is 2.22 bits per heavy atom. The highest BCUT2D eigenvalue weighted by Gasteiger charge is 2.24. The quantitative estimate of drug-likeness (QED) is 0.894. The summed E-state index contributed by atoms with van der Waals surface area (Å²) in [5, 5.41) is 14.1. The number of nitrogens with zero attached hydrogens (tertiary/aromatic N) is 1. The summed E-state index contributed by atoms with van der Waals surface area (Å²) in [6, 6.07) is 3.88. The second-order valence-corrected chi connectivity index (χ2v) is 5.56. The fourth-order valence-electron chi connectivity index (χ4n) is 2.53. The maximum atomic E-state index is 9.97. The van der Waals surface area contributed by atoms with E-state index in [9.17, 15) is 5.11 Å². The minimum Gasteiger partial charge on any atom is -0.506 e. The van der Waals surface area contributed by atoms with Crippen molar-refractivity contribution in [3.63, 3.8) is 0 Å². The van der Waals surface area contributed by atoms with Crippen LogP contribution in [0.25, 0.3) is 0 Å². The van der Waals surface area contributed by atoms with E-state index in [4.69, 9.17) is 23.2 Å². The summed E-state index contributed by atoms with van der Waals surface area (Å²) in [4.78, 5) is 2.36. The first kappa shape index (κ1) is 13.9. The maximum Gasteiger partial charge on any atom is 0.138 e. The lowest BCUT2D eigenvalue weighted by molar-refractivity contribution is 0.239. The van der Waals surface area contributed by atoms with Crippen LogP contribution in [0.2, 0.25) is 10.0 Å². The van der Waals surface area contributed by atoms with Crippen molar-refractivity contribution < 1.29 is 5.11 Å². The summed E-state index contributed by atoms with van der Waals surface area (Å²) in [6.07, 6.45) is 2.39. The Bertz CT molecular complexity index is 426. The van der Waals surface area contributed by atoms with Crippen LogP contribution in [0.15, 0.2) is 12.1 Å². The standard InChI is InChI=1S/C13H18Cl2N2O/c1-16-7-11-3-2-4-17(11)8-9-5-10(14)6-12(15)13(9)18/h5-6,11,16,18H,2-4,7-8H2,1H3. The molecule has 5 heteroatoms. The smallest absolute Gasteiger partial charge is 0.138 e. The van der Waals surface area contributed by atoms with Crippen molar-refractivity contribution in [2.75, 3.05) is 20.1 Å². The summed E-state index contributed by atoms with van der Waals surface area (Å²) in [5.41, 5.74) is 0.801. The number of nitrogens with one attached hydrogen (secondary N) is 1. The molecular weight excluding hydrogens is 271 g/mol. The molecule has 1 unspecified atom stereocenters. The van der Waals surface area contributed by atoms with Crippen LogP contribution in [0.1, 0.15) is 18.4 Å². The molecule has 2 N–H and O–H groups in total. The Labute approximate surface area is 118 Å². The normalized spacial score (nSPS) is 20.5. The van der Waals surface area contributed by atoms with E-state index < -0.39 is 0 Å². The van der Waals surface area contributed by atoms with Gasteiger partial charge < -0.3 is 10.4 Å². The Morgan fingerprint density at radius 1 is 1.44 bits per heavy atom. The highest BCUT2D eigenvalue weighted by atomic mass is 35.5. The third-order valence-electron chi connectivity index (χ3n) is 3.42. The van der Waals surface area contributed by atoms with Gasteiger partial charge in [-0.05, 0) is 38.6 Å². The van der Waals surface area contributed by atoms with Gasteiger partial charge in [-0.15, -0.1) is 0 Å². The van der Waals surface area contributed by atoms with Crippen molar-refractivity contribution in [3.05, 3.63) is 27.7 Å². The van der Waals surface area contributed by atoms with Crippen LogP contribution >= 0.6 is 23.2 Å². The molecule has 3 nitrogen and oxygen atoms in total. The lowest BCUT2D eigenvalue weighted by Gasteiger charge is -2.24. The number of phenolic OH excluding ortho intramolecular Hbond substituents is 1. The lowest BCUT2D eigenvalue weighted by Crippen LogP contribution is -2.36.